The molecule has 1 N–H and O–H groups in total. The molecule has 0 unspecified atom stereocenters. The van der Waals surface area contributed by atoms with Crippen molar-refractivity contribution in [3.8, 4) is 0 Å². The Morgan fingerprint density at radius 1 is 1.33 bits per heavy atom. The molecule has 0 aliphatic rings. The smallest absolute Gasteiger partial charge is 0.331 e. The molecule has 0 amide bonds. The predicted molar refractivity (Wildman–Crippen MR) is 64.9 cm³/mol. The Labute approximate surface area is 97.8 Å². The summed E-state index contributed by atoms with van der Waals surface area (Å²) in [7, 11) is 0. The van der Waals surface area contributed by atoms with Crippen molar-refractivity contribution in [1.29, 1.82) is 0 Å². The Morgan fingerprint density at radius 2 is 1.93 bits per heavy atom. The molecule has 15 heavy (non-hydrogen) atoms. The number of carbonyl (C=O) groups is 1. The van der Waals surface area contributed by atoms with Gasteiger partial charge < -0.3 is 5.11 Å². The predicted octanol–water partition coefficient (Wildman–Crippen LogP) is 3.55. The maximum absolute atomic E-state index is 10.7. The first-order chi connectivity index (χ1) is 6.91. The highest BCUT2D eigenvalue weighted by molar-refractivity contribution is 9.10. The van der Waals surface area contributed by atoms with Gasteiger partial charge in [-0.3, -0.25) is 0 Å². The van der Waals surface area contributed by atoms with E-state index in [-0.39, 0.29) is 0 Å². The summed E-state index contributed by atoms with van der Waals surface area (Å²) in [6, 6.07) is 3.97. The van der Waals surface area contributed by atoms with E-state index < -0.39 is 5.97 Å². The van der Waals surface area contributed by atoms with Crippen LogP contribution < -0.4 is 0 Å². The molecule has 0 atom stereocenters. The SMILES string of the molecule is CC(=Cc1cc(C)c(Br)cc1C)C(=O)O. The number of aliphatic carboxylic acids is 1. The zero-order chi connectivity index (χ0) is 11.6. The number of rotatable bonds is 2. The second kappa shape index (κ2) is 4.62. The normalized spacial score (nSPS) is 11.6. The Bertz CT molecular complexity index is 433. The summed E-state index contributed by atoms with van der Waals surface area (Å²) in [5.41, 5.74) is 3.47. The van der Waals surface area contributed by atoms with Gasteiger partial charge in [-0.1, -0.05) is 22.0 Å². The molecule has 0 heterocycles. The van der Waals surface area contributed by atoms with Gasteiger partial charge in [0.05, 0.1) is 0 Å². The van der Waals surface area contributed by atoms with E-state index in [1.165, 1.54) is 0 Å². The van der Waals surface area contributed by atoms with Crippen LogP contribution in [0.3, 0.4) is 0 Å². The van der Waals surface area contributed by atoms with Crippen molar-refractivity contribution in [1.82, 2.24) is 0 Å². The standard InChI is InChI=1S/C12H13BrO2/c1-7-6-11(13)8(2)4-10(7)5-9(3)12(14)15/h4-6H,1-3H3,(H,14,15). The van der Waals surface area contributed by atoms with Crippen molar-refractivity contribution >= 4 is 28.0 Å². The zero-order valence-corrected chi connectivity index (χ0v) is 10.6. The van der Waals surface area contributed by atoms with Crippen LogP contribution in [0.1, 0.15) is 23.6 Å². The third-order valence-electron chi connectivity index (χ3n) is 2.26. The van der Waals surface area contributed by atoms with Crippen molar-refractivity contribution in [2.75, 3.05) is 0 Å². The second-order valence-electron chi connectivity index (χ2n) is 3.59. The van der Waals surface area contributed by atoms with Crippen molar-refractivity contribution in [3.05, 3.63) is 38.9 Å². The fourth-order valence-corrected chi connectivity index (χ4v) is 1.71. The van der Waals surface area contributed by atoms with Crippen LogP contribution in [0.4, 0.5) is 0 Å². The van der Waals surface area contributed by atoms with Crippen LogP contribution in [0.15, 0.2) is 22.2 Å². The lowest BCUT2D eigenvalue weighted by Gasteiger charge is -2.05. The quantitative estimate of drug-likeness (QED) is 0.833. The van der Waals surface area contributed by atoms with E-state index in [2.05, 4.69) is 15.9 Å². The van der Waals surface area contributed by atoms with Crippen molar-refractivity contribution < 1.29 is 9.90 Å². The Balaban J connectivity index is 3.22. The number of aryl methyl sites for hydroxylation is 2. The van der Waals surface area contributed by atoms with Crippen LogP contribution in [0.2, 0.25) is 0 Å². The van der Waals surface area contributed by atoms with Gasteiger partial charge in [0.1, 0.15) is 0 Å². The van der Waals surface area contributed by atoms with Gasteiger partial charge in [-0.05, 0) is 49.6 Å². The monoisotopic (exact) mass is 268 g/mol. The van der Waals surface area contributed by atoms with Gasteiger partial charge in [-0.2, -0.15) is 0 Å². The maximum atomic E-state index is 10.7. The maximum Gasteiger partial charge on any atom is 0.331 e. The zero-order valence-electron chi connectivity index (χ0n) is 8.97. The molecule has 1 rings (SSSR count). The molecule has 1 aromatic carbocycles. The van der Waals surface area contributed by atoms with Crippen LogP contribution in [-0.4, -0.2) is 11.1 Å². The highest BCUT2D eigenvalue weighted by Gasteiger charge is 2.04. The average molecular weight is 269 g/mol. The molecule has 0 spiro atoms. The third-order valence-corrected chi connectivity index (χ3v) is 3.11. The molecule has 0 radical (unpaired) electrons. The Hall–Kier alpha value is -1.09. The molecule has 0 aliphatic carbocycles. The largest absolute Gasteiger partial charge is 0.478 e. The molecule has 0 saturated heterocycles. The number of benzene rings is 1. The lowest BCUT2D eigenvalue weighted by molar-refractivity contribution is -0.132. The van der Waals surface area contributed by atoms with Crippen molar-refractivity contribution in [2.24, 2.45) is 0 Å². The summed E-state index contributed by atoms with van der Waals surface area (Å²) in [6.07, 6.45) is 1.69. The van der Waals surface area contributed by atoms with Gasteiger partial charge in [0.2, 0.25) is 0 Å². The Kier molecular flexibility index (Phi) is 3.69. The summed E-state index contributed by atoms with van der Waals surface area (Å²) in [5, 5.41) is 8.78. The molecule has 2 nitrogen and oxygen atoms in total. The van der Waals surface area contributed by atoms with Gasteiger partial charge in [0.25, 0.3) is 0 Å². The summed E-state index contributed by atoms with van der Waals surface area (Å²) < 4.78 is 1.05. The average Bonchev–Trinajstić information content (AvgIpc) is 2.13. The minimum atomic E-state index is -0.880. The van der Waals surface area contributed by atoms with E-state index in [1.54, 1.807) is 13.0 Å². The summed E-state index contributed by atoms with van der Waals surface area (Å²) in [4.78, 5) is 10.7. The van der Waals surface area contributed by atoms with E-state index >= 15 is 0 Å². The number of carboxylic acid groups (broad SMARTS) is 1. The lowest BCUT2D eigenvalue weighted by atomic mass is 10.0. The van der Waals surface area contributed by atoms with Crippen LogP contribution >= 0.6 is 15.9 Å². The molecule has 1 aromatic rings. The molecule has 0 aromatic heterocycles. The molecular formula is C12H13BrO2. The minimum absolute atomic E-state index is 0.347. The van der Waals surface area contributed by atoms with Crippen LogP contribution in [0, 0.1) is 13.8 Å². The lowest BCUT2D eigenvalue weighted by Crippen LogP contribution is -1.96. The van der Waals surface area contributed by atoms with Crippen molar-refractivity contribution in [3.63, 3.8) is 0 Å². The topological polar surface area (TPSA) is 37.3 Å². The third kappa shape index (κ3) is 2.93. The van der Waals surface area contributed by atoms with E-state index in [4.69, 9.17) is 5.11 Å². The van der Waals surface area contributed by atoms with E-state index in [0.29, 0.717) is 5.57 Å². The molecule has 0 saturated carbocycles. The minimum Gasteiger partial charge on any atom is -0.478 e. The Morgan fingerprint density at radius 3 is 2.47 bits per heavy atom. The van der Waals surface area contributed by atoms with E-state index in [9.17, 15) is 4.79 Å². The van der Waals surface area contributed by atoms with Crippen LogP contribution in [-0.2, 0) is 4.79 Å². The molecule has 3 heteroatoms. The van der Waals surface area contributed by atoms with E-state index in [1.807, 2.05) is 26.0 Å². The fourth-order valence-electron chi connectivity index (χ4n) is 1.25. The van der Waals surface area contributed by atoms with Gasteiger partial charge >= 0.3 is 5.97 Å². The van der Waals surface area contributed by atoms with Gasteiger partial charge in [0, 0.05) is 10.0 Å². The number of hydrogen-bond donors (Lipinski definition) is 1. The molecule has 80 valence electrons. The highest BCUT2D eigenvalue weighted by atomic mass is 79.9. The number of carboxylic acids is 1. The summed E-state index contributed by atoms with van der Waals surface area (Å²) in [5.74, 6) is -0.880. The van der Waals surface area contributed by atoms with E-state index in [0.717, 1.165) is 21.2 Å². The highest BCUT2D eigenvalue weighted by Crippen LogP contribution is 2.22. The molecule has 0 aliphatic heterocycles. The van der Waals surface area contributed by atoms with Crippen molar-refractivity contribution in [2.45, 2.75) is 20.8 Å². The van der Waals surface area contributed by atoms with Gasteiger partial charge in [-0.25, -0.2) is 4.79 Å². The first-order valence-corrected chi connectivity index (χ1v) is 5.39. The van der Waals surface area contributed by atoms with Gasteiger partial charge in [0.15, 0.2) is 0 Å². The first-order valence-electron chi connectivity index (χ1n) is 4.60. The van der Waals surface area contributed by atoms with Crippen LogP contribution in [0.5, 0.6) is 0 Å². The summed E-state index contributed by atoms with van der Waals surface area (Å²) in [6.45, 7) is 5.54. The molecular weight excluding hydrogens is 256 g/mol. The number of hydrogen-bond acceptors (Lipinski definition) is 1. The molecule has 0 bridgehead atoms. The summed E-state index contributed by atoms with van der Waals surface area (Å²) >= 11 is 3.44. The first kappa shape index (κ1) is 12.0. The van der Waals surface area contributed by atoms with Crippen LogP contribution in [0.25, 0.3) is 6.08 Å². The molecule has 0 fully saturated rings. The van der Waals surface area contributed by atoms with Gasteiger partial charge in [-0.15, -0.1) is 0 Å². The second-order valence-corrected chi connectivity index (χ2v) is 4.44. The fraction of sp³-hybridized carbons (Fsp3) is 0.250. The number of halogens is 1.